The third kappa shape index (κ3) is 2.43. The fourth-order valence-electron chi connectivity index (χ4n) is 1.75. The lowest BCUT2D eigenvalue weighted by Gasteiger charge is -2.06. The third-order valence-corrected chi connectivity index (χ3v) is 2.58. The number of aryl methyl sites for hydroxylation is 2. The Labute approximate surface area is 99.6 Å². The maximum Gasteiger partial charge on any atom is 0.251 e. The van der Waals surface area contributed by atoms with Gasteiger partial charge in [0.15, 0.2) is 5.82 Å². The summed E-state index contributed by atoms with van der Waals surface area (Å²) < 4.78 is 2.00. The molecule has 0 amide bonds. The van der Waals surface area contributed by atoms with Crippen LogP contribution in [0, 0.1) is 0 Å². The molecule has 2 aromatic rings. The number of nitrogens with one attached hydrogen (secondary N) is 1. The molecule has 0 saturated heterocycles. The summed E-state index contributed by atoms with van der Waals surface area (Å²) in [5.74, 6) is 0.598. The lowest BCUT2D eigenvalue weighted by Crippen LogP contribution is -2.11. The minimum Gasteiger partial charge on any atom is -0.328 e. The smallest absolute Gasteiger partial charge is 0.251 e. The highest BCUT2D eigenvalue weighted by Crippen LogP contribution is 2.13. The van der Waals surface area contributed by atoms with Gasteiger partial charge in [0.05, 0.1) is 12.5 Å². The van der Waals surface area contributed by atoms with E-state index >= 15 is 0 Å². The molecular weight excluding hydrogens is 216 g/mol. The summed E-state index contributed by atoms with van der Waals surface area (Å²) in [6.07, 6.45) is 5.25. The van der Waals surface area contributed by atoms with E-state index in [2.05, 4.69) is 21.9 Å². The maximum absolute atomic E-state index is 11.5. The monoisotopic (exact) mass is 232 g/mol. The van der Waals surface area contributed by atoms with Gasteiger partial charge < -0.3 is 9.55 Å². The van der Waals surface area contributed by atoms with Crippen LogP contribution in [0.15, 0.2) is 23.4 Å². The van der Waals surface area contributed by atoms with E-state index in [1.807, 2.05) is 11.5 Å². The van der Waals surface area contributed by atoms with Crippen molar-refractivity contribution >= 4 is 0 Å². The van der Waals surface area contributed by atoms with Crippen LogP contribution in [0.1, 0.15) is 26.0 Å². The van der Waals surface area contributed by atoms with Gasteiger partial charge in [-0.3, -0.25) is 4.79 Å². The first kappa shape index (κ1) is 11.6. The largest absolute Gasteiger partial charge is 0.328 e. The van der Waals surface area contributed by atoms with Gasteiger partial charge in [0, 0.05) is 18.3 Å². The minimum atomic E-state index is -0.115. The molecule has 0 aliphatic rings. The zero-order valence-corrected chi connectivity index (χ0v) is 10.1. The van der Waals surface area contributed by atoms with Gasteiger partial charge in [0.2, 0.25) is 0 Å². The van der Waals surface area contributed by atoms with E-state index in [-0.39, 0.29) is 5.56 Å². The van der Waals surface area contributed by atoms with Crippen molar-refractivity contribution in [1.29, 1.82) is 0 Å². The van der Waals surface area contributed by atoms with Gasteiger partial charge in [0.1, 0.15) is 5.69 Å². The number of hydrogen-bond donors (Lipinski definition) is 1. The van der Waals surface area contributed by atoms with Crippen LogP contribution >= 0.6 is 0 Å². The molecule has 2 rings (SSSR count). The summed E-state index contributed by atoms with van der Waals surface area (Å²) in [6.45, 7) is 4.95. The first-order chi connectivity index (χ1) is 8.24. The number of aromatic amines is 1. The Kier molecular flexibility index (Phi) is 3.37. The Balaban J connectivity index is 2.48. The number of imidazole rings is 1. The highest BCUT2D eigenvalue weighted by molar-refractivity contribution is 5.48. The summed E-state index contributed by atoms with van der Waals surface area (Å²) >= 11 is 0. The van der Waals surface area contributed by atoms with Gasteiger partial charge in [0.25, 0.3) is 5.56 Å². The Morgan fingerprint density at radius 1 is 1.41 bits per heavy atom. The van der Waals surface area contributed by atoms with E-state index in [1.54, 1.807) is 12.5 Å². The molecule has 0 spiro atoms. The first-order valence-electron chi connectivity index (χ1n) is 5.85. The van der Waals surface area contributed by atoms with Crippen LogP contribution < -0.4 is 5.56 Å². The topological polar surface area (TPSA) is 63.6 Å². The van der Waals surface area contributed by atoms with Crippen molar-refractivity contribution in [2.24, 2.45) is 0 Å². The van der Waals surface area contributed by atoms with Gasteiger partial charge in [-0.15, -0.1) is 0 Å². The average Bonchev–Trinajstić information content (AvgIpc) is 2.77. The molecule has 0 bridgehead atoms. The molecule has 0 aliphatic heterocycles. The molecule has 90 valence electrons. The maximum atomic E-state index is 11.5. The van der Waals surface area contributed by atoms with E-state index in [4.69, 9.17) is 0 Å². The second-order valence-electron chi connectivity index (χ2n) is 3.91. The van der Waals surface area contributed by atoms with Crippen molar-refractivity contribution in [3.05, 3.63) is 34.6 Å². The Morgan fingerprint density at radius 2 is 2.24 bits per heavy atom. The van der Waals surface area contributed by atoms with Crippen molar-refractivity contribution in [2.75, 3.05) is 0 Å². The molecule has 17 heavy (non-hydrogen) atoms. The van der Waals surface area contributed by atoms with E-state index in [1.165, 1.54) is 6.07 Å². The van der Waals surface area contributed by atoms with Gasteiger partial charge in [-0.1, -0.05) is 13.8 Å². The summed E-state index contributed by atoms with van der Waals surface area (Å²) in [5, 5.41) is 0. The van der Waals surface area contributed by atoms with Gasteiger partial charge in [-0.2, -0.15) is 0 Å². The molecule has 2 aromatic heterocycles. The minimum absolute atomic E-state index is 0.115. The summed E-state index contributed by atoms with van der Waals surface area (Å²) in [6, 6.07) is 1.53. The van der Waals surface area contributed by atoms with Crippen LogP contribution in [0.25, 0.3) is 11.5 Å². The molecule has 0 saturated carbocycles. The summed E-state index contributed by atoms with van der Waals surface area (Å²) in [5.41, 5.74) is 1.54. The summed E-state index contributed by atoms with van der Waals surface area (Å²) in [7, 11) is 0. The molecule has 0 radical (unpaired) electrons. The van der Waals surface area contributed by atoms with Crippen molar-refractivity contribution in [3.8, 4) is 11.5 Å². The van der Waals surface area contributed by atoms with Gasteiger partial charge in [-0.05, 0) is 12.8 Å². The lowest BCUT2D eigenvalue weighted by atomic mass is 10.3. The van der Waals surface area contributed by atoms with Crippen molar-refractivity contribution in [2.45, 2.75) is 33.2 Å². The number of H-pyrrole nitrogens is 1. The van der Waals surface area contributed by atoms with Crippen LogP contribution in [0.5, 0.6) is 0 Å². The van der Waals surface area contributed by atoms with E-state index in [0.29, 0.717) is 5.82 Å². The Morgan fingerprint density at radius 3 is 2.94 bits per heavy atom. The highest BCUT2D eigenvalue weighted by atomic mass is 16.1. The quantitative estimate of drug-likeness (QED) is 0.871. The van der Waals surface area contributed by atoms with Crippen LogP contribution in [0.4, 0.5) is 0 Å². The number of rotatable bonds is 4. The SMILES string of the molecule is CCCn1cncc1-c1nc(CC)cc(=O)[nH]1. The van der Waals surface area contributed by atoms with Crippen molar-refractivity contribution in [3.63, 3.8) is 0 Å². The molecular formula is C12H16N4O. The molecule has 2 heterocycles. The number of hydrogen-bond acceptors (Lipinski definition) is 3. The Bertz CT molecular complexity index is 556. The average molecular weight is 232 g/mol. The molecule has 0 aliphatic carbocycles. The second-order valence-corrected chi connectivity index (χ2v) is 3.91. The fraction of sp³-hybridized carbons (Fsp3) is 0.417. The van der Waals surface area contributed by atoms with Crippen molar-refractivity contribution < 1.29 is 0 Å². The molecule has 1 N–H and O–H groups in total. The molecule has 0 unspecified atom stereocenters. The van der Waals surface area contributed by atoms with E-state index in [0.717, 1.165) is 30.8 Å². The standard InChI is InChI=1S/C12H16N4O/c1-3-5-16-8-13-7-10(16)12-14-9(4-2)6-11(17)15-12/h6-8H,3-5H2,1-2H3,(H,14,15,17). The molecule has 5 nitrogen and oxygen atoms in total. The number of nitrogens with zero attached hydrogens (tertiary/aromatic N) is 3. The molecule has 0 aromatic carbocycles. The summed E-state index contributed by atoms with van der Waals surface area (Å²) in [4.78, 5) is 22.8. The predicted octanol–water partition coefficient (Wildman–Crippen LogP) is 1.61. The highest BCUT2D eigenvalue weighted by Gasteiger charge is 2.08. The zero-order valence-electron chi connectivity index (χ0n) is 10.1. The number of aromatic nitrogens is 4. The predicted molar refractivity (Wildman–Crippen MR) is 65.7 cm³/mol. The van der Waals surface area contributed by atoms with Gasteiger partial charge >= 0.3 is 0 Å². The van der Waals surface area contributed by atoms with E-state index in [9.17, 15) is 4.79 Å². The van der Waals surface area contributed by atoms with E-state index < -0.39 is 0 Å². The normalized spacial score (nSPS) is 10.7. The zero-order chi connectivity index (χ0) is 12.3. The Hall–Kier alpha value is -1.91. The van der Waals surface area contributed by atoms with Gasteiger partial charge in [-0.25, -0.2) is 9.97 Å². The molecule has 0 atom stereocenters. The second kappa shape index (κ2) is 4.95. The molecule has 0 fully saturated rings. The lowest BCUT2D eigenvalue weighted by molar-refractivity contribution is 0.680. The van der Waals surface area contributed by atoms with Crippen LogP contribution in [-0.4, -0.2) is 19.5 Å². The first-order valence-corrected chi connectivity index (χ1v) is 5.85. The van der Waals surface area contributed by atoms with Crippen LogP contribution in [0.2, 0.25) is 0 Å². The molecule has 5 heteroatoms. The van der Waals surface area contributed by atoms with Crippen molar-refractivity contribution in [1.82, 2.24) is 19.5 Å². The van der Waals surface area contributed by atoms with Crippen LogP contribution in [0.3, 0.4) is 0 Å². The fourth-order valence-corrected chi connectivity index (χ4v) is 1.75. The third-order valence-electron chi connectivity index (χ3n) is 2.58. The van der Waals surface area contributed by atoms with Crippen LogP contribution in [-0.2, 0) is 13.0 Å².